The number of carbonyl (C=O) groups is 1. The second kappa shape index (κ2) is 6.57. The largest absolute Gasteiger partial charge is 0.481 e. The van der Waals surface area contributed by atoms with Crippen molar-refractivity contribution in [3.8, 4) is 0 Å². The van der Waals surface area contributed by atoms with Crippen LogP contribution in [0.2, 0.25) is 0 Å². The van der Waals surface area contributed by atoms with Crippen molar-refractivity contribution in [2.45, 2.75) is 49.2 Å². The van der Waals surface area contributed by atoms with Gasteiger partial charge in [0.05, 0.1) is 12.7 Å². The molecule has 0 spiro atoms. The second-order valence-corrected chi connectivity index (χ2v) is 6.47. The van der Waals surface area contributed by atoms with Gasteiger partial charge in [0.15, 0.2) is 0 Å². The molecule has 0 aliphatic carbocycles. The summed E-state index contributed by atoms with van der Waals surface area (Å²) in [5, 5.41) is 26.9. The van der Waals surface area contributed by atoms with E-state index in [1.807, 2.05) is 0 Å². The molecule has 1 aromatic rings. The SMILES string of the molecule is CN1C2CC(O)CC1C1OC12.O=C(O)C(CO)c1ccccc1. The summed E-state index contributed by atoms with van der Waals surface area (Å²) in [4.78, 5) is 13.0. The van der Waals surface area contributed by atoms with Crippen molar-refractivity contribution in [3.05, 3.63) is 35.9 Å². The maximum Gasteiger partial charge on any atom is 0.313 e. The van der Waals surface area contributed by atoms with Crippen LogP contribution in [0.3, 0.4) is 0 Å². The number of aliphatic carboxylic acids is 1. The molecular weight excluding hydrogens is 298 g/mol. The van der Waals surface area contributed by atoms with E-state index in [0.29, 0.717) is 29.9 Å². The van der Waals surface area contributed by atoms with E-state index in [0.717, 1.165) is 12.8 Å². The average Bonchev–Trinajstić information content (AvgIpc) is 3.28. The van der Waals surface area contributed by atoms with Gasteiger partial charge >= 0.3 is 5.97 Å². The van der Waals surface area contributed by atoms with Crippen LogP contribution in [-0.4, -0.2) is 70.2 Å². The Balaban J connectivity index is 0.000000136. The predicted octanol–water partition coefficient (Wildman–Crippen LogP) is 0.438. The van der Waals surface area contributed by atoms with Crippen LogP contribution < -0.4 is 0 Å². The van der Waals surface area contributed by atoms with Crippen LogP contribution in [-0.2, 0) is 9.53 Å². The molecule has 126 valence electrons. The number of morpholine rings is 1. The molecule has 0 saturated carbocycles. The zero-order chi connectivity index (χ0) is 16.6. The highest BCUT2D eigenvalue weighted by Gasteiger charge is 2.62. The molecule has 4 rings (SSSR count). The average molecular weight is 321 g/mol. The first-order valence-electron chi connectivity index (χ1n) is 7.97. The second-order valence-electron chi connectivity index (χ2n) is 6.47. The summed E-state index contributed by atoms with van der Waals surface area (Å²) in [6, 6.07) is 9.70. The van der Waals surface area contributed by atoms with Gasteiger partial charge < -0.3 is 20.1 Å². The van der Waals surface area contributed by atoms with Crippen molar-refractivity contribution in [2.75, 3.05) is 13.7 Å². The Morgan fingerprint density at radius 3 is 2.30 bits per heavy atom. The third-order valence-corrected chi connectivity index (χ3v) is 5.08. The summed E-state index contributed by atoms with van der Waals surface area (Å²) in [6.07, 6.45) is 2.67. The van der Waals surface area contributed by atoms with Crippen molar-refractivity contribution in [2.24, 2.45) is 0 Å². The highest BCUT2D eigenvalue weighted by Crippen LogP contribution is 2.47. The van der Waals surface area contributed by atoms with Crippen LogP contribution in [0.5, 0.6) is 0 Å². The quantitative estimate of drug-likeness (QED) is 0.700. The number of hydrogen-bond donors (Lipinski definition) is 3. The first kappa shape index (κ1) is 16.4. The van der Waals surface area contributed by atoms with E-state index in [9.17, 15) is 9.90 Å². The highest BCUT2D eigenvalue weighted by atomic mass is 16.6. The Morgan fingerprint density at radius 1 is 1.26 bits per heavy atom. The van der Waals surface area contributed by atoms with Crippen LogP contribution in [0.4, 0.5) is 0 Å². The van der Waals surface area contributed by atoms with Crippen LogP contribution >= 0.6 is 0 Å². The first-order chi connectivity index (χ1) is 11.0. The minimum atomic E-state index is -0.997. The van der Waals surface area contributed by atoms with E-state index in [-0.39, 0.29) is 12.7 Å². The molecule has 6 nitrogen and oxygen atoms in total. The molecule has 3 fully saturated rings. The van der Waals surface area contributed by atoms with E-state index in [2.05, 4.69) is 11.9 Å². The monoisotopic (exact) mass is 321 g/mol. The molecule has 3 aliphatic rings. The first-order valence-corrected chi connectivity index (χ1v) is 7.97. The number of benzene rings is 1. The highest BCUT2D eigenvalue weighted by molar-refractivity contribution is 5.76. The number of likely N-dealkylation sites (N-methyl/N-ethyl adjacent to an activating group) is 1. The van der Waals surface area contributed by atoms with Crippen molar-refractivity contribution in [3.63, 3.8) is 0 Å². The van der Waals surface area contributed by atoms with Gasteiger partial charge in [-0.2, -0.15) is 0 Å². The molecule has 3 aliphatic heterocycles. The standard InChI is InChI=1S/C9H10O3.C8H13NO2/c10-6-8(9(11)12)7-4-2-1-3-5-7;1-9-5-2-4(10)3-6(9)8-7(5)11-8/h1-5,8,10H,6H2,(H,11,12);4-8,10H,2-3H2,1H3. The number of nitrogens with zero attached hydrogens (tertiary/aromatic N) is 1. The fourth-order valence-electron chi connectivity index (χ4n) is 3.73. The number of aliphatic hydroxyl groups is 2. The molecule has 6 heteroatoms. The zero-order valence-corrected chi connectivity index (χ0v) is 13.1. The Kier molecular flexibility index (Phi) is 4.68. The van der Waals surface area contributed by atoms with Gasteiger partial charge in [-0.05, 0) is 25.5 Å². The van der Waals surface area contributed by atoms with Crippen molar-refractivity contribution in [1.82, 2.24) is 4.90 Å². The summed E-state index contributed by atoms with van der Waals surface area (Å²) < 4.78 is 5.49. The van der Waals surface area contributed by atoms with Gasteiger partial charge in [-0.15, -0.1) is 0 Å². The molecule has 1 aromatic carbocycles. The van der Waals surface area contributed by atoms with Gasteiger partial charge in [0.25, 0.3) is 0 Å². The number of piperidine rings is 1. The summed E-state index contributed by atoms with van der Waals surface area (Å²) in [6.45, 7) is -0.362. The number of carboxylic acids is 1. The minimum Gasteiger partial charge on any atom is -0.481 e. The van der Waals surface area contributed by atoms with E-state index >= 15 is 0 Å². The van der Waals surface area contributed by atoms with E-state index in [1.165, 1.54) is 0 Å². The van der Waals surface area contributed by atoms with Crippen LogP contribution in [0.1, 0.15) is 24.3 Å². The fourth-order valence-corrected chi connectivity index (χ4v) is 3.73. The summed E-state index contributed by atoms with van der Waals surface area (Å²) in [5.41, 5.74) is 0.632. The van der Waals surface area contributed by atoms with Crippen LogP contribution in [0, 0.1) is 0 Å². The van der Waals surface area contributed by atoms with Gasteiger partial charge in [0.1, 0.15) is 18.1 Å². The third-order valence-electron chi connectivity index (χ3n) is 5.08. The smallest absolute Gasteiger partial charge is 0.313 e. The number of carboxylic acid groups (broad SMARTS) is 1. The lowest BCUT2D eigenvalue weighted by Gasteiger charge is -2.36. The Bertz CT molecular complexity index is 533. The lowest BCUT2D eigenvalue weighted by molar-refractivity contribution is -0.139. The lowest BCUT2D eigenvalue weighted by Crippen LogP contribution is -2.46. The number of epoxide rings is 1. The lowest BCUT2D eigenvalue weighted by atomic mass is 10.00. The Morgan fingerprint density at radius 2 is 1.83 bits per heavy atom. The minimum absolute atomic E-state index is 0.0717. The van der Waals surface area contributed by atoms with Gasteiger partial charge in [0, 0.05) is 12.1 Å². The number of hydrogen-bond acceptors (Lipinski definition) is 5. The molecular formula is C17H23NO5. The van der Waals surface area contributed by atoms with Gasteiger partial charge in [-0.1, -0.05) is 30.3 Å². The summed E-state index contributed by atoms with van der Waals surface area (Å²) in [7, 11) is 2.15. The normalized spacial score (nSPS) is 35.7. The Labute approximate surface area is 135 Å². The molecule has 2 bridgehead atoms. The number of rotatable bonds is 3. The maximum atomic E-state index is 10.6. The van der Waals surface area contributed by atoms with Crippen molar-refractivity contribution >= 4 is 5.97 Å². The molecule has 0 amide bonds. The maximum absolute atomic E-state index is 10.6. The summed E-state index contributed by atoms with van der Waals surface area (Å²) in [5.74, 6) is -1.80. The number of ether oxygens (including phenoxy) is 1. The zero-order valence-electron chi connectivity index (χ0n) is 13.1. The van der Waals surface area contributed by atoms with Gasteiger partial charge in [0.2, 0.25) is 0 Å². The van der Waals surface area contributed by atoms with Crippen molar-refractivity contribution in [1.29, 1.82) is 0 Å². The number of fused-ring (bicyclic) bond motifs is 5. The van der Waals surface area contributed by atoms with E-state index in [4.69, 9.17) is 14.9 Å². The fraction of sp³-hybridized carbons (Fsp3) is 0.588. The molecule has 3 saturated heterocycles. The van der Waals surface area contributed by atoms with Crippen LogP contribution in [0.15, 0.2) is 30.3 Å². The van der Waals surface area contributed by atoms with Gasteiger partial charge in [-0.25, -0.2) is 0 Å². The molecule has 3 N–H and O–H groups in total. The Hall–Kier alpha value is -1.47. The van der Waals surface area contributed by atoms with Crippen molar-refractivity contribution < 1.29 is 24.9 Å². The molecule has 5 unspecified atom stereocenters. The number of aliphatic hydroxyl groups excluding tert-OH is 2. The predicted molar refractivity (Wildman–Crippen MR) is 83.1 cm³/mol. The van der Waals surface area contributed by atoms with Gasteiger partial charge in [-0.3, -0.25) is 9.69 Å². The van der Waals surface area contributed by atoms with E-state index in [1.54, 1.807) is 30.3 Å². The van der Waals surface area contributed by atoms with Crippen LogP contribution in [0.25, 0.3) is 0 Å². The third kappa shape index (κ3) is 3.26. The summed E-state index contributed by atoms with van der Waals surface area (Å²) >= 11 is 0. The topological polar surface area (TPSA) is 93.5 Å². The molecule has 3 heterocycles. The van der Waals surface area contributed by atoms with E-state index < -0.39 is 11.9 Å². The molecule has 5 atom stereocenters. The molecule has 0 radical (unpaired) electrons. The molecule has 0 aromatic heterocycles. The molecule has 23 heavy (non-hydrogen) atoms.